The van der Waals surface area contributed by atoms with E-state index in [0.717, 1.165) is 15.7 Å². The zero-order valence-electron chi connectivity index (χ0n) is 8.85. The Balaban J connectivity index is 2.23. The van der Waals surface area contributed by atoms with E-state index < -0.39 is 0 Å². The molecule has 16 heavy (non-hydrogen) atoms. The van der Waals surface area contributed by atoms with E-state index in [0.29, 0.717) is 6.54 Å². The van der Waals surface area contributed by atoms with Crippen LogP contribution in [0.5, 0.6) is 0 Å². The van der Waals surface area contributed by atoms with Crippen molar-refractivity contribution in [3.05, 3.63) is 46.7 Å². The van der Waals surface area contributed by atoms with Gasteiger partial charge in [0.15, 0.2) is 0 Å². The third-order valence-electron chi connectivity index (χ3n) is 2.18. The fourth-order valence-electron chi connectivity index (χ4n) is 1.41. The van der Waals surface area contributed by atoms with Crippen molar-refractivity contribution in [1.29, 1.82) is 0 Å². The Morgan fingerprint density at radius 2 is 2.38 bits per heavy atom. The van der Waals surface area contributed by atoms with Gasteiger partial charge in [-0.3, -0.25) is 0 Å². The molecule has 84 valence electrons. The molecule has 1 aromatic carbocycles. The van der Waals surface area contributed by atoms with Crippen LogP contribution in [0.4, 0.5) is 0 Å². The first-order chi connectivity index (χ1) is 7.81. The van der Waals surface area contributed by atoms with E-state index in [1.165, 1.54) is 0 Å². The maximum absolute atomic E-state index is 4.81. The number of hydroxylamine groups is 1. The molecule has 0 unspecified atom stereocenters. The Bertz CT molecular complexity index is 456. The topological polar surface area (TPSA) is 39.1 Å². The van der Waals surface area contributed by atoms with Crippen LogP contribution >= 0.6 is 15.9 Å². The lowest BCUT2D eigenvalue weighted by Crippen LogP contribution is -2.10. The fraction of sp³-hybridized carbons (Fsp3) is 0.182. The molecule has 0 radical (unpaired) electrons. The molecule has 0 aliphatic carbocycles. The van der Waals surface area contributed by atoms with Crippen LogP contribution in [0.1, 0.15) is 5.56 Å². The molecule has 2 rings (SSSR count). The zero-order chi connectivity index (χ0) is 11.4. The standard InChI is InChI=1S/C11H12BrN3O/c1-16-14-8-9-3-4-11(10(12)7-9)15-6-2-5-13-15/h2-7,14H,8H2,1H3. The molecule has 0 amide bonds. The number of hydrogen-bond donors (Lipinski definition) is 1. The summed E-state index contributed by atoms with van der Waals surface area (Å²) in [7, 11) is 1.60. The zero-order valence-corrected chi connectivity index (χ0v) is 10.4. The van der Waals surface area contributed by atoms with Crippen LogP contribution in [-0.4, -0.2) is 16.9 Å². The SMILES string of the molecule is CONCc1ccc(-n2cccn2)c(Br)c1. The molecule has 1 heterocycles. The molecule has 5 heteroatoms. The van der Waals surface area contributed by atoms with E-state index in [1.54, 1.807) is 13.3 Å². The van der Waals surface area contributed by atoms with E-state index in [9.17, 15) is 0 Å². The van der Waals surface area contributed by atoms with Crippen molar-refractivity contribution in [2.45, 2.75) is 6.54 Å². The molecule has 0 aliphatic heterocycles. The predicted molar refractivity (Wildman–Crippen MR) is 65.1 cm³/mol. The monoisotopic (exact) mass is 281 g/mol. The molecular formula is C11H12BrN3O. The highest BCUT2D eigenvalue weighted by molar-refractivity contribution is 9.10. The number of rotatable bonds is 4. The van der Waals surface area contributed by atoms with Crippen molar-refractivity contribution in [3.8, 4) is 5.69 Å². The van der Waals surface area contributed by atoms with Gasteiger partial charge in [-0.15, -0.1) is 0 Å². The van der Waals surface area contributed by atoms with Crippen LogP contribution in [0, 0.1) is 0 Å². The molecule has 0 saturated heterocycles. The van der Waals surface area contributed by atoms with Gasteiger partial charge in [0.05, 0.1) is 12.8 Å². The summed E-state index contributed by atoms with van der Waals surface area (Å²) in [5.74, 6) is 0. The second kappa shape index (κ2) is 5.25. The van der Waals surface area contributed by atoms with Crippen molar-refractivity contribution in [1.82, 2.24) is 15.3 Å². The van der Waals surface area contributed by atoms with Gasteiger partial charge >= 0.3 is 0 Å². The van der Waals surface area contributed by atoms with Gasteiger partial charge < -0.3 is 4.84 Å². The molecule has 1 aromatic heterocycles. The molecule has 0 saturated carbocycles. The van der Waals surface area contributed by atoms with Crippen molar-refractivity contribution in [2.24, 2.45) is 0 Å². The molecule has 1 N–H and O–H groups in total. The largest absolute Gasteiger partial charge is 0.305 e. The predicted octanol–water partition coefficient (Wildman–Crippen LogP) is 2.29. The lowest BCUT2D eigenvalue weighted by Gasteiger charge is -2.07. The maximum Gasteiger partial charge on any atom is 0.0787 e. The highest BCUT2D eigenvalue weighted by Gasteiger charge is 2.03. The lowest BCUT2D eigenvalue weighted by molar-refractivity contribution is 0.0867. The van der Waals surface area contributed by atoms with Crippen molar-refractivity contribution in [3.63, 3.8) is 0 Å². The minimum Gasteiger partial charge on any atom is -0.305 e. The summed E-state index contributed by atoms with van der Waals surface area (Å²) < 4.78 is 2.82. The Labute approximate surface area is 102 Å². The first kappa shape index (κ1) is 11.3. The van der Waals surface area contributed by atoms with Crippen molar-refractivity contribution >= 4 is 15.9 Å². The van der Waals surface area contributed by atoms with E-state index in [2.05, 4.69) is 26.5 Å². The summed E-state index contributed by atoms with van der Waals surface area (Å²) in [6.07, 6.45) is 3.67. The van der Waals surface area contributed by atoms with E-state index in [1.807, 2.05) is 35.1 Å². The molecule has 2 aromatic rings. The van der Waals surface area contributed by atoms with Gasteiger partial charge in [0.25, 0.3) is 0 Å². The fourth-order valence-corrected chi connectivity index (χ4v) is 2.02. The second-order valence-corrected chi connectivity index (χ2v) is 4.12. The number of halogens is 1. The Kier molecular flexibility index (Phi) is 3.71. The van der Waals surface area contributed by atoms with E-state index in [-0.39, 0.29) is 0 Å². The molecule has 0 atom stereocenters. The van der Waals surface area contributed by atoms with Gasteiger partial charge in [-0.2, -0.15) is 10.6 Å². The molecule has 0 spiro atoms. The number of nitrogens with one attached hydrogen (secondary N) is 1. The van der Waals surface area contributed by atoms with Crippen LogP contribution < -0.4 is 5.48 Å². The van der Waals surface area contributed by atoms with Crippen LogP contribution in [0.2, 0.25) is 0 Å². The van der Waals surface area contributed by atoms with Crippen LogP contribution in [0.3, 0.4) is 0 Å². The summed E-state index contributed by atoms with van der Waals surface area (Å²) in [5.41, 5.74) is 4.97. The van der Waals surface area contributed by atoms with Gasteiger partial charge in [-0.05, 0) is 39.7 Å². The second-order valence-electron chi connectivity index (χ2n) is 3.26. The van der Waals surface area contributed by atoms with Gasteiger partial charge in [-0.25, -0.2) is 4.68 Å². The minimum atomic E-state index is 0.675. The maximum atomic E-state index is 4.81. The average molecular weight is 282 g/mol. The molecular weight excluding hydrogens is 270 g/mol. The van der Waals surface area contributed by atoms with Gasteiger partial charge in [0, 0.05) is 23.4 Å². The first-order valence-corrected chi connectivity index (χ1v) is 5.65. The van der Waals surface area contributed by atoms with Gasteiger partial charge in [0.1, 0.15) is 0 Å². The highest BCUT2D eigenvalue weighted by Crippen LogP contribution is 2.21. The Morgan fingerprint density at radius 3 is 3.00 bits per heavy atom. The highest BCUT2D eigenvalue weighted by atomic mass is 79.9. The van der Waals surface area contributed by atoms with Crippen LogP contribution in [0.15, 0.2) is 41.1 Å². The van der Waals surface area contributed by atoms with Gasteiger partial charge in [0.2, 0.25) is 0 Å². The summed E-state index contributed by atoms with van der Waals surface area (Å²) in [6.45, 7) is 0.675. The third-order valence-corrected chi connectivity index (χ3v) is 2.82. The Morgan fingerprint density at radius 1 is 1.50 bits per heavy atom. The summed E-state index contributed by atoms with van der Waals surface area (Å²) in [6, 6.07) is 7.99. The molecule has 0 aliphatic rings. The number of benzene rings is 1. The first-order valence-electron chi connectivity index (χ1n) is 4.85. The molecule has 0 fully saturated rings. The summed E-state index contributed by atoms with van der Waals surface area (Å²) in [4.78, 5) is 4.81. The number of hydrogen-bond acceptors (Lipinski definition) is 3. The van der Waals surface area contributed by atoms with E-state index in [4.69, 9.17) is 4.84 Å². The Hall–Kier alpha value is -1.17. The number of aromatic nitrogens is 2. The van der Waals surface area contributed by atoms with Crippen LogP contribution in [0.25, 0.3) is 5.69 Å². The lowest BCUT2D eigenvalue weighted by atomic mass is 10.2. The van der Waals surface area contributed by atoms with Crippen LogP contribution in [-0.2, 0) is 11.4 Å². The average Bonchev–Trinajstić information content (AvgIpc) is 2.80. The normalized spacial score (nSPS) is 10.6. The summed E-state index contributed by atoms with van der Waals surface area (Å²) >= 11 is 3.53. The third kappa shape index (κ3) is 2.49. The smallest absolute Gasteiger partial charge is 0.0787 e. The molecule has 4 nitrogen and oxygen atoms in total. The summed E-state index contributed by atoms with van der Waals surface area (Å²) in [5, 5.41) is 4.19. The minimum absolute atomic E-state index is 0.675. The van der Waals surface area contributed by atoms with Gasteiger partial charge in [-0.1, -0.05) is 6.07 Å². The van der Waals surface area contributed by atoms with Crippen molar-refractivity contribution < 1.29 is 4.84 Å². The van der Waals surface area contributed by atoms with Crippen molar-refractivity contribution in [2.75, 3.05) is 7.11 Å². The quantitative estimate of drug-likeness (QED) is 0.874. The van der Waals surface area contributed by atoms with E-state index >= 15 is 0 Å². The number of nitrogens with zero attached hydrogens (tertiary/aromatic N) is 2. The molecule has 0 bridgehead atoms.